The largest absolute Gasteiger partial charge is 0.370 e. The molecule has 19 heavy (non-hydrogen) atoms. The molecule has 0 amide bonds. The number of aliphatic imine (C=N–C) groups is 1. The first-order valence-corrected chi connectivity index (χ1v) is 6.32. The molecule has 4 nitrogen and oxygen atoms in total. The van der Waals surface area contributed by atoms with E-state index in [1.807, 2.05) is 4.90 Å². The molecule has 2 N–H and O–H groups in total. The molecule has 1 aliphatic rings. The molecular formula is C13H18F2N4. The SMILES string of the molecule is NC(=NCCF)N1CCN(c2ccc(F)cc2)CC1. The second kappa shape index (κ2) is 6.36. The normalized spacial score (nSPS) is 16.8. The molecule has 6 heteroatoms. The van der Waals surface area contributed by atoms with Crippen molar-refractivity contribution in [3.63, 3.8) is 0 Å². The Labute approximate surface area is 111 Å². The number of piperazine rings is 1. The maximum atomic E-state index is 12.9. The average Bonchev–Trinajstić information content (AvgIpc) is 2.46. The smallest absolute Gasteiger partial charge is 0.191 e. The molecule has 1 saturated heterocycles. The predicted molar refractivity (Wildman–Crippen MR) is 72.7 cm³/mol. The third-order valence-electron chi connectivity index (χ3n) is 3.15. The van der Waals surface area contributed by atoms with Gasteiger partial charge in [-0.15, -0.1) is 0 Å². The van der Waals surface area contributed by atoms with Crippen LogP contribution in [0.4, 0.5) is 14.5 Å². The number of rotatable bonds is 3. The number of benzene rings is 1. The van der Waals surface area contributed by atoms with Gasteiger partial charge < -0.3 is 15.5 Å². The van der Waals surface area contributed by atoms with E-state index in [0.717, 1.165) is 31.9 Å². The van der Waals surface area contributed by atoms with Crippen LogP contribution in [0.2, 0.25) is 0 Å². The molecule has 0 unspecified atom stereocenters. The van der Waals surface area contributed by atoms with Gasteiger partial charge in [0.2, 0.25) is 0 Å². The van der Waals surface area contributed by atoms with Crippen LogP contribution in [-0.2, 0) is 0 Å². The van der Waals surface area contributed by atoms with Gasteiger partial charge in [-0.05, 0) is 24.3 Å². The van der Waals surface area contributed by atoms with Crippen molar-refractivity contribution in [1.82, 2.24) is 4.90 Å². The molecule has 0 saturated carbocycles. The third kappa shape index (κ3) is 3.56. The molecular weight excluding hydrogens is 250 g/mol. The Kier molecular flexibility index (Phi) is 4.54. The molecule has 1 fully saturated rings. The summed E-state index contributed by atoms with van der Waals surface area (Å²) in [7, 11) is 0. The predicted octanol–water partition coefficient (Wildman–Crippen LogP) is 1.23. The summed E-state index contributed by atoms with van der Waals surface area (Å²) in [4.78, 5) is 8.06. The minimum atomic E-state index is -0.490. The standard InChI is InChI=1S/C13H18F2N4/c14-5-6-17-13(16)19-9-7-18(8-10-19)12-3-1-11(15)2-4-12/h1-4H,5-10H2,(H2,16,17). The van der Waals surface area contributed by atoms with Crippen molar-refractivity contribution in [2.24, 2.45) is 10.7 Å². The van der Waals surface area contributed by atoms with Crippen LogP contribution in [0.3, 0.4) is 0 Å². The van der Waals surface area contributed by atoms with Crippen molar-refractivity contribution in [3.8, 4) is 0 Å². The summed E-state index contributed by atoms with van der Waals surface area (Å²) in [5.74, 6) is 0.168. The Hall–Kier alpha value is -1.85. The van der Waals surface area contributed by atoms with Crippen LogP contribution in [0.1, 0.15) is 0 Å². The number of hydrogen-bond acceptors (Lipinski definition) is 2. The number of hydrogen-bond donors (Lipinski definition) is 1. The summed E-state index contributed by atoms with van der Waals surface area (Å²) in [5, 5.41) is 0. The summed E-state index contributed by atoms with van der Waals surface area (Å²) in [6.45, 7) is 2.67. The van der Waals surface area contributed by atoms with Gasteiger partial charge in [0, 0.05) is 31.9 Å². The molecule has 1 aromatic carbocycles. The van der Waals surface area contributed by atoms with Crippen LogP contribution >= 0.6 is 0 Å². The molecule has 0 atom stereocenters. The van der Waals surface area contributed by atoms with Gasteiger partial charge in [-0.25, -0.2) is 8.78 Å². The highest BCUT2D eigenvalue weighted by molar-refractivity contribution is 5.78. The van der Waals surface area contributed by atoms with Gasteiger partial charge in [0.15, 0.2) is 5.96 Å². The molecule has 1 aromatic rings. The number of nitrogens with two attached hydrogens (primary N) is 1. The summed E-state index contributed by atoms with van der Waals surface area (Å²) in [6, 6.07) is 6.45. The Bertz CT molecular complexity index is 425. The van der Waals surface area contributed by atoms with Crippen LogP contribution < -0.4 is 10.6 Å². The van der Waals surface area contributed by atoms with E-state index in [1.165, 1.54) is 12.1 Å². The van der Waals surface area contributed by atoms with Crippen molar-refractivity contribution < 1.29 is 8.78 Å². The zero-order chi connectivity index (χ0) is 13.7. The molecule has 1 heterocycles. The van der Waals surface area contributed by atoms with E-state index in [9.17, 15) is 8.78 Å². The maximum absolute atomic E-state index is 12.9. The van der Waals surface area contributed by atoms with Crippen LogP contribution in [0, 0.1) is 5.82 Å². The van der Waals surface area contributed by atoms with E-state index < -0.39 is 6.67 Å². The molecule has 0 aromatic heterocycles. The van der Waals surface area contributed by atoms with Crippen molar-refractivity contribution >= 4 is 11.6 Å². The van der Waals surface area contributed by atoms with E-state index in [4.69, 9.17) is 5.73 Å². The summed E-state index contributed by atoms with van der Waals surface area (Å²) >= 11 is 0. The summed E-state index contributed by atoms with van der Waals surface area (Å²) in [6.07, 6.45) is 0. The van der Waals surface area contributed by atoms with Crippen molar-refractivity contribution in [1.29, 1.82) is 0 Å². The van der Waals surface area contributed by atoms with Crippen molar-refractivity contribution in [2.45, 2.75) is 0 Å². The number of nitrogens with zero attached hydrogens (tertiary/aromatic N) is 3. The fourth-order valence-corrected chi connectivity index (χ4v) is 2.10. The Morgan fingerprint density at radius 2 is 1.79 bits per heavy atom. The lowest BCUT2D eigenvalue weighted by molar-refractivity contribution is 0.379. The van der Waals surface area contributed by atoms with Crippen molar-refractivity contribution in [3.05, 3.63) is 30.1 Å². The van der Waals surface area contributed by atoms with E-state index in [0.29, 0.717) is 5.96 Å². The van der Waals surface area contributed by atoms with Gasteiger partial charge in [-0.3, -0.25) is 4.99 Å². The van der Waals surface area contributed by atoms with E-state index >= 15 is 0 Å². The summed E-state index contributed by atoms with van der Waals surface area (Å²) < 4.78 is 24.9. The van der Waals surface area contributed by atoms with Crippen LogP contribution in [0.15, 0.2) is 29.3 Å². The second-order valence-electron chi connectivity index (χ2n) is 4.38. The average molecular weight is 268 g/mol. The highest BCUT2D eigenvalue weighted by atomic mass is 19.1. The van der Waals surface area contributed by atoms with Gasteiger partial charge >= 0.3 is 0 Å². The minimum Gasteiger partial charge on any atom is -0.370 e. The molecule has 0 aliphatic carbocycles. The van der Waals surface area contributed by atoms with Gasteiger partial charge in [-0.2, -0.15) is 0 Å². The fraction of sp³-hybridized carbons (Fsp3) is 0.462. The first kappa shape index (κ1) is 13.6. The molecule has 0 radical (unpaired) electrons. The van der Waals surface area contributed by atoms with E-state index in [1.54, 1.807) is 12.1 Å². The zero-order valence-electron chi connectivity index (χ0n) is 10.7. The lowest BCUT2D eigenvalue weighted by Gasteiger charge is -2.36. The topological polar surface area (TPSA) is 44.9 Å². The lowest BCUT2D eigenvalue weighted by Crippen LogP contribution is -2.51. The number of guanidine groups is 1. The zero-order valence-corrected chi connectivity index (χ0v) is 10.7. The van der Waals surface area contributed by atoms with Gasteiger partial charge in [0.1, 0.15) is 12.5 Å². The molecule has 2 rings (SSSR count). The number of alkyl halides is 1. The third-order valence-corrected chi connectivity index (χ3v) is 3.15. The first-order valence-electron chi connectivity index (χ1n) is 6.32. The van der Waals surface area contributed by atoms with Crippen LogP contribution in [0.5, 0.6) is 0 Å². The highest BCUT2D eigenvalue weighted by Gasteiger charge is 2.18. The van der Waals surface area contributed by atoms with E-state index in [2.05, 4.69) is 9.89 Å². The monoisotopic (exact) mass is 268 g/mol. The van der Waals surface area contributed by atoms with Gasteiger partial charge in [0.05, 0.1) is 6.54 Å². The fourth-order valence-electron chi connectivity index (χ4n) is 2.10. The summed E-state index contributed by atoms with van der Waals surface area (Å²) in [5.41, 5.74) is 6.78. The number of anilines is 1. The molecule has 104 valence electrons. The minimum absolute atomic E-state index is 0.115. The first-order chi connectivity index (χ1) is 9.20. The van der Waals surface area contributed by atoms with Gasteiger partial charge in [0.25, 0.3) is 0 Å². The highest BCUT2D eigenvalue weighted by Crippen LogP contribution is 2.16. The quantitative estimate of drug-likeness (QED) is 0.662. The Morgan fingerprint density at radius 3 is 2.37 bits per heavy atom. The van der Waals surface area contributed by atoms with E-state index in [-0.39, 0.29) is 12.4 Å². The Morgan fingerprint density at radius 1 is 1.16 bits per heavy atom. The van der Waals surface area contributed by atoms with Crippen molar-refractivity contribution in [2.75, 3.05) is 44.3 Å². The molecule has 1 aliphatic heterocycles. The lowest BCUT2D eigenvalue weighted by atomic mass is 10.2. The van der Waals surface area contributed by atoms with Crippen LogP contribution in [-0.4, -0.2) is 50.3 Å². The molecule has 0 bridgehead atoms. The molecule has 0 spiro atoms. The second-order valence-corrected chi connectivity index (χ2v) is 4.38. The Balaban J connectivity index is 1.90. The maximum Gasteiger partial charge on any atom is 0.191 e. The van der Waals surface area contributed by atoms with Crippen LogP contribution in [0.25, 0.3) is 0 Å². The van der Waals surface area contributed by atoms with Gasteiger partial charge in [-0.1, -0.05) is 0 Å². The number of halogens is 2.